The van der Waals surface area contributed by atoms with Crippen molar-refractivity contribution in [1.29, 1.82) is 0 Å². The van der Waals surface area contributed by atoms with Gasteiger partial charge in [-0.3, -0.25) is 0 Å². The van der Waals surface area contributed by atoms with Crippen molar-refractivity contribution >= 4 is 0 Å². The van der Waals surface area contributed by atoms with E-state index in [0.29, 0.717) is 32.5 Å². The molecule has 4 aromatic heterocycles. The van der Waals surface area contributed by atoms with E-state index in [2.05, 4.69) is 214 Å². The maximum atomic E-state index is 7.40. The van der Waals surface area contributed by atoms with Crippen LogP contribution in [0.4, 0.5) is 0 Å². The normalized spacial score (nSPS) is 12.3. The van der Waals surface area contributed by atoms with Crippen molar-refractivity contribution in [2.24, 2.45) is 0 Å². The molecule has 0 saturated heterocycles. The van der Waals surface area contributed by atoms with Crippen LogP contribution in [-0.2, 0) is 99.9 Å². The minimum atomic E-state index is -0.239. The van der Waals surface area contributed by atoms with E-state index in [4.69, 9.17) is 18.9 Å². The second kappa shape index (κ2) is 27.6. The van der Waals surface area contributed by atoms with Gasteiger partial charge in [0, 0.05) is 45.4 Å². The third-order valence-electron chi connectivity index (χ3n) is 16.1. The molecular weight excluding hydrogens is 1070 g/mol. The van der Waals surface area contributed by atoms with Gasteiger partial charge in [0.25, 0.3) is 0 Å². The molecule has 0 aliphatic rings. The highest BCUT2D eigenvalue weighted by molar-refractivity contribution is 5.58. The SMILES string of the molecule is CCCn1nncc1COc1c(C)cc(C(C)(C)C)cc1Cc1cc(C(C)(C)C)cc(Cc2cc(C(C)(C)C)cc(Cc3cc(C(C)(C)C)cc(CC)c3OCc3cnnn3CCC)c2OCc2cnnn2CCC)c1OCc1cnnn1CCC. The predicted octanol–water partition coefficient (Wildman–Crippen LogP) is 14.8. The lowest BCUT2D eigenvalue weighted by Gasteiger charge is -2.28. The van der Waals surface area contributed by atoms with Gasteiger partial charge in [-0.25, -0.2) is 18.7 Å². The first kappa shape index (κ1) is 64.6. The van der Waals surface area contributed by atoms with Crippen molar-refractivity contribution in [3.63, 3.8) is 0 Å². The van der Waals surface area contributed by atoms with Crippen LogP contribution in [0.5, 0.6) is 23.0 Å². The summed E-state index contributed by atoms with van der Waals surface area (Å²) >= 11 is 0. The summed E-state index contributed by atoms with van der Waals surface area (Å²) in [6, 6.07) is 18.8. The van der Waals surface area contributed by atoms with Gasteiger partial charge in [0.2, 0.25) is 0 Å². The lowest BCUT2D eigenvalue weighted by molar-refractivity contribution is 0.280. The molecular formula is C70H98N12O4. The largest absolute Gasteiger partial charge is 0.487 e. The number of ether oxygens (including phenoxy) is 4. The van der Waals surface area contributed by atoms with Gasteiger partial charge in [-0.15, -0.1) is 20.4 Å². The Morgan fingerprint density at radius 1 is 0.326 bits per heavy atom. The fraction of sp³-hybridized carbons (Fsp3) is 0.543. The van der Waals surface area contributed by atoms with Gasteiger partial charge in [-0.2, -0.15) is 0 Å². The zero-order chi connectivity index (χ0) is 62.1. The first-order valence-corrected chi connectivity index (χ1v) is 31.5. The van der Waals surface area contributed by atoms with E-state index in [9.17, 15) is 0 Å². The van der Waals surface area contributed by atoms with Crippen LogP contribution in [0.25, 0.3) is 0 Å². The Kier molecular flexibility index (Phi) is 20.7. The van der Waals surface area contributed by atoms with Crippen LogP contribution in [0.2, 0.25) is 0 Å². The Morgan fingerprint density at radius 3 is 0.814 bits per heavy atom. The van der Waals surface area contributed by atoms with E-state index in [1.54, 1.807) is 0 Å². The van der Waals surface area contributed by atoms with Crippen molar-refractivity contribution in [2.45, 2.75) is 250 Å². The topological polar surface area (TPSA) is 160 Å². The molecule has 0 radical (unpaired) electrons. The lowest BCUT2D eigenvalue weighted by atomic mass is 9.80. The summed E-state index contributed by atoms with van der Waals surface area (Å²) in [5.74, 6) is 3.37. The summed E-state index contributed by atoms with van der Waals surface area (Å²) in [4.78, 5) is 0. The summed E-state index contributed by atoms with van der Waals surface area (Å²) < 4.78 is 36.6. The number of hydrogen-bond donors (Lipinski definition) is 0. The quantitative estimate of drug-likeness (QED) is 0.0480. The molecule has 8 aromatic rings. The fourth-order valence-corrected chi connectivity index (χ4v) is 11.0. The van der Waals surface area contributed by atoms with Crippen molar-refractivity contribution in [3.8, 4) is 23.0 Å². The molecule has 4 heterocycles. The standard InChI is InChI=1S/C70H98N12O4/c1-19-24-79-59(39-71-75-79)43-83-63-47(6)28-55(67(7,8)9)33-49(63)29-51-35-57(69(13,14)15)37-53(65(51)85-45-61-41-73-77-81(61)26-21-3)31-54-38-58(70(16,17)18)36-52(66(54)86-46-62-42-74-78-82(62)27-22-4)30-50-34-56(68(10,11)12)32-48(23-5)64(50)84-44-60-40-72-76-80(60)25-20-2/h28,32-42H,19-27,29-31,43-46H2,1-18H3. The van der Waals surface area contributed by atoms with E-state index in [1.807, 2.05) is 43.5 Å². The number of aromatic nitrogens is 12. The molecule has 4 aromatic carbocycles. The van der Waals surface area contributed by atoms with E-state index in [1.165, 1.54) is 22.3 Å². The van der Waals surface area contributed by atoms with Crippen molar-refractivity contribution in [2.75, 3.05) is 0 Å². The minimum absolute atomic E-state index is 0.129. The number of aryl methyl sites for hydroxylation is 6. The first-order chi connectivity index (χ1) is 40.8. The predicted molar refractivity (Wildman–Crippen MR) is 342 cm³/mol. The zero-order valence-electron chi connectivity index (χ0n) is 55.2. The van der Waals surface area contributed by atoms with Crippen LogP contribution in [0.3, 0.4) is 0 Å². The highest BCUT2D eigenvalue weighted by atomic mass is 16.5. The Balaban J connectivity index is 1.36. The third kappa shape index (κ3) is 15.8. The van der Waals surface area contributed by atoms with Crippen LogP contribution in [-0.4, -0.2) is 60.0 Å². The summed E-state index contributed by atoms with van der Waals surface area (Å²) in [5.41, 5.74) is 16.4. The third-order valence-corrected chi connectivity index (χ3v) is 16.1. The summed E-state index contributed by atoms with van der Waals surface area (Å²) in [6.07, 6.45) is 13.4. The monoisotopic (exact) mass is 1170 g/mol. The molecule has 462 valence electrons. The molecule has 0 amide bonds. The van der Waals surface area contributed by atoms with E-state index in [-0.39, 0.29) is 34.9 Å². The molecule has 8 rings (SSSR count). The van der Waals surface area contributed by atoms with Gasteiger partial charge >= 0.3 is 0 Å². The van der Waals surface area contributed by atoms with Crippen LogP contribution in [0, 0.1) is 6.92 Å². The molecule has 0 N–H and O–H groups in total. The van der Waals surface area contributed by atoms with E-state index < -0.39 is 0 Å². The molecule has 16 heteroatoms. The average Bonchev–Trinajstić information content (AvgIpc) is 4.05. The summed E-state index contributed by atoms with van der Waals surface area (Å²) in [7, 11) is 0. The van der Waals surface area contributed by atoms with Gasteiger partial charge < -0.3 is 18.9 Å². The van der Waals surface area contributed by atoms with E-state index in [0.717, 1.165) is 149 Å². The van der Waals surface area contributed by atoms with Gasteiger partial charge in [-0.05, 0) is 127 Å². The van der Waals surface area contributed by atoms with Crippen LogP contribution in [0.15, 0.2) is 73.3 Å². The highest BCUT2D eigenvalue weighted by Crippen LogP contribution is 2.43. The highest BCUT2D eigenvalue weighted by Gasteiger charge is 2.29. The summed E-state index contributed by atoms with van der Waals surface area (Å²) in [6.45, 7) is 44.7. The minimum Gasteiger partial charge on any atom is -0.487 e. The van der Waals surface area contributed by atoms with Crippen LogP contribution >= 0.6 is 0 Å². The Morgan fingerprint density at radius 2 is 0.558 bits per heavy atom. The van der Waals surface area contributed by atoms with E-state index >= 15 is 0 Å². The lowest BCUT2D eigenvalue weighted by Crippen LogP contribution is -2.17. The second-order valence-corrected chi connectivity index (χ2v) is 27.5. The zero-order valence-corrected chi connectivity index (χ0v) is 55.2. The molecule has 0 aliphatic carbocycles. The fourth-order valence-electron chi connectivity index (χ4n) is 11.0. The van der Waals surface area contributed by atoms with Gasteiger partial charge in [0.05, 0.1) is 47.6 Å². The Bertz CT molecular complexity index is 3540. The number of hydrogen-bond acceptors (Lipinski definition) is 12. The second-order valence-electron chi connectivity index (χ2n) is 27.5. The molecule has 0 unspecified atom stereocenters. The maximum Gasteiger partial charge on any atom is 0.132 e. The molecule has 0 bridgehead atoms. The van der Waals surface area contributed by atoms with Gasteiger partial charge in [0.15, 0.2) is 0 Å². The average molecular weight is 1170 g/mol. The smallest absolute Gasteiger partial charge is 0.132 e. The molecule has 0 aliphatic heterocycles. The van der Waals surface area contributed by atoms with Crippen molar-refractivity contribution in [1.82, 2.24) is 60.0 Å². The molecule has 16 nitrogen and oxygen atoms in total. The molecule has 0 fully saturated rings. The maximum absolute atomic E-state index is 7.40. The number of benzene rings is 4. The molecule has 0 atom stereocenters. The van der Waals surface area contributed by atoms with Gasteiger partial charge in [-0.1, -0.05) is 187 Å². The van der Waals surface area contributed by atoms with Crippen LogP contribution < -0.4 is 18.9 Å². The molecule has 86 heavy (non-hydrogen) atoms. The molecule has 0 saturated carbocycles. The first-order valence-electron chi connectivity index (χ1n) is 31.5. The van der Waals surface area contributed by atoms with Crippen molar-refractivity contribution in [3.05, 3.63) is 163 Å². The van der Waals surface area contributed by atoms with Crippen molar-refractivity contribution < 1.29 is 18.9 Å². The Hall–Kier alpha value is -7.36. The van der Waals surface area contributed by atoms with Gasteiger partial charge in [0.1, 0.15) is 49.4 Å². The Labute approximate surface area is 512 Å². The number of nitrogens with zero attached hydrogens (tertiary/aromatic N) is 12. The van der Waals surface area contributed by atoms with Crippen LogP contribution in [0.1, 0.15) is 233 Å². The summed E-state index contributed by atoms with van der Waals surface area (Å²) in [5, 5.41) is 35.1. The number of rotatable bonds is 27. The molecule has 0 spiro atoms.